The van der Waals surface area contributed by atoms with E-state index in [1.165, 1.54) is 6.21 Å². The third-order valence-electron chi connectivity index (χ3n) is 5.07. The molecule has 0 aliphatic carbocycles. The van der Waals surface area contributed by atoms with Gasteiger partial charge < -0.3 is 14.6 Å². The summed E-state index contributed by atoms with van der Waals surface area (Å²) in [5.74, 6) is 0.918. The van der Waals surface area contributed by atoms with Crippen LogP contribution in [0.3, 0.4) is 0 Å². The number of hydrazone groups is 1. The highest BCUT2D eigenvalue weighted by Gasteiger charge is 2.15. The van der Waals surface area contributed by atoms with Gasteiger partial charge in [-0.05, 0) is 61.9 Å². The van der Waals surface area contributed by atoms with Gasteiger partial charge in [-0.25, -0.2) is 10.4 Å². The number of hydrogen-bond acceptors (Lipinski definition) is 6. The largest absolute Gasteiger partial charge is 0.507 e. The maximum absolute atomic E-state index is 13.1. The first-order valence-electron chi connectivity index (χ1n) is 10.8. The number of para-hydroxylation sites is 2. The normalized spacial score (nSPS) is 11.2. The number of fused-ring (bicyclic) bond motifs is 1. The summed E-state index contributed by atoms with van der Waals surface area (Å²) in [6.07, 6.45) is 1.55. The van der Waals surface area contributed by atoms with E-state index in [0.29, 0.717) is 39.2 Å². The third kappa shape index (κ3) is 4.99. The number of phenolic OH excluding ortho intramolecular Hbond substituents is 1. The lowest BCUT2D eigenvalue weighted by molar-refractivity contribution is 0.0956. The summed E-state index contributed by atoms with van der Waals surface area (Å²) in [6.45, 7) is 3.88. The molecule has 0 saturated carbocycles. The summed E-state index contributed by atoms with van der Waals surface area (Å²) in [7, 11) is 1.57. The summed E-state index contributed by atoms with van der Waals surface area (Å²) >= 11 is 0. The van der Waals surface area contributed by atoms with E-state index >= 15 is 0 Å². The predicted molar refractivity (Wildman–Crippen MR) is 133 cm³/mol. The smallest absolute Gasteiger partial charge is 0.272 e. The van der Waals surface area contributed by atoms with E-state index in [9.17, 15) is 9.90 Å². The lowest BCUT2D eigenvalue weighted by Gasteiger charge is -2.13. The highest BCUT2D eigenvalue weighted by Crippen LogP contribution is 2.31. The van der Waals surface area contributed by atoms with E-state index < -0.39 is 5.91 Å². The third-order valence-corrected chi connectivity index (χ3v) is 5.07. The van der Waals surface area contributed by atoms with Gasteiger partial charge >= 0.3 is 0 Å². The maximum atomic E-state index is 13.1. The predicted octanol–water partition coefficient (Wildman–Crippen LogP) is 5.17. The fourth-order valence-corrected chi connectivity index (χ4v) is 3.53. The Kier molecular flexibility index (Phi) is 6.73. The molecule has 1 amide bonds. The van der Waals surface area contributed by atoms with Crippen molar-refractivity contribution in [2.75, 3.05) is 7.11 Å². The van der Waals surface area contributed by atoms with E-state index in [1.807, 2.05) is 50.2 Å². The van der Waals surface area contributed by atoms with Crippen molar-refractivity contribution in [1.29, 1.82) is 0 Å². The number of hydrogen-bond donors (Lipinski definition) is 2. The fourth-order valence-electron chi connectivity index (χ4n) is 3.53. The first-order valence-corrected chi connectivity index (χ1v) is 10.8. The van der Waals surface area contributed by atoms with Gasteiger partial charge in [-0.3, -0.25) is 4.79 Å². The summed E-state index contributed by atoms with van der Waals surface area (Å²) in [6, 6.07) is 21.3. The van der Waals surface area contributed by atoms with Crippen molar-refractivity contribution in [2.24, 2.45) is 5.10 Å². The molecular weight excluding hydrogens is 430 g/mol. The molecule has 1 aromatic heterocycles. The van der Waals surface area contributed by atoms with Crippen LogP contribution in [0.4, 0.5) is 0 Å². The number of nitrogens with zero attached hydrogens (tertiary/aromatic N) is 2. The number of phenols is 1. The molecule has 1 heterocycles. The van der Waals surface area contributed by atoms with Crippen LogP contribution in [0.25, 0.3) is 22.2 Å². The number of ether oxygens (including phenoxy) is 2. The number of amides is 1. The van der Waals surface area contributed by atoms with Crippen molar-refractivity contribution in [1.82, 2.24) is 10.4 Å². The van der Waals surface area contributed by atoms with Crippen LogP contribution in [0, 0.1) is 0 Å². The molecular formula is C27H25N3O4. The van der Waals surface area contributed by atoms with E-state index in [-0.39, 0.29) is 11.9 Å². The van der Waals surface area contributed by atoms with Gasteiger partial charge in [0.1, 0.15) is 5.75 Å². The molecule has 0 aliphatic rings. The van der Waals surface area contributed by atoms with Crippen molar-refractivity contribution < 1.29 is 19.4 Å². The Balaban J connectivity index is 1.61. The minimum atomic E-state index is -0.391. The van der Waals surface area contributed by atoms with Gasteiger partial charge in [-0.2, -0.15) is 5.10 Å². The van der Waals surface area contributed by atoms with Gasteiger partial charge in [0, 0.05) is 10.9 Å². The second-order valence-corrected chi connectivity index (χ2v) is 7.87. The molecule has 0 bridgehead atoms. The van der Waals surface area contributed by atoms with Crippen molar-refractivity contribution in [3.63, 3.8) is 0 Å². The second-order valence-electron chi connectivity index (χ2n) is 7.87. The monoisotopic (exact) mass is 455 g/mol. The van der Waals surface area contributed by atoms with Crippen LogP contribution in [0.1, 0.15) is 29.8 Å². The highest BCUT2D eigenvalue weighted by atomic mass is 16.5. The Bertz CT molecular complexity index is 1370. The van der Waals surface area contributed by atoms with Crippen LogP contribution in [-0.4, -0.2) is 35.4 Å². The summed E-state index contributed by atoms with van der Waals surface area (Å²) < 4.78 is 11.1. The maximum Gasteiger partial charge on any atom is 0.272 e. The zero-order valence-electron chi connectivity index (χ0n) is 19.1. The summed E-state index contributed by atoms with van der Waals surface area (Å²) in [5, 5.41) is 15.1. The van der Waals surface area contributed by atoms with Gasteiger partial charge in [0.2, 0.25) is 0 Å². The van der Waals surface area contributed by atoms with Gasteiger partial charge in [0.25, 0.3) is 5.91 Å². The Morgan fingerprint density at radius 3 is 2.56 bits per heavy atom. The van der Waals surface area contributed by atoms with Crippen LogP contribution in [0.2, 0.25) is 0 Å². The van der Waals surface area contributed by atoms with Crippen molar-refractivity contribution in [2.45, 2.75) is 20.0 Å². The Morgan fingerprint density at radius 1 is 1.03 bits per heavy atom. The summed E-state index contributed by atoms with van der Waals surface area (Å²) in [4.78, 5) is 17.7. The van der Waals surface area contributed by atoms with E-state index in [1.54, 1.807) is 43.5 Å². The molecule has 3 aromatic carbocycles. The molecule has 0 atom stereocenters. The van der Waals surface area contributed by atoms with Crippen LogP contribution in [-0.2, 0) is 0 Å². The van der Waals surface area contributed by atoms with Gasteiger partial charge in [0.15, 0.2) is 11.5 Å². The minimum absolute atomic E-state index is 0.0191. The van der Waals surface area contributed by atoms with E-state index in [2.05, 4.69) is 15.5 Å². The molecule has 4 rings (SSSR count). The first-order chi connectivity index (χ1) is 16.5. The van der Waals surface area contributed by atoms with Crippen LogP contribution in [0.15, 0.2) is 77.9 Å². The van der Waals surface area contributed by atoms with Crippen molar-refractivity contribution >= 4 is 23.0 Å². The fraction of sp³-hybridized carbons (Fsp3) is 0.148. The molecule has 7 nitrogen and oxygen atoms in total. The number of aromatic nitrogens is 1. The molecule has 34 heavy (non-hydrogen) atoms. The summed E-state index contributed by atoms with van der Waals surface area (Å²) in [5.41, 5.74) is 5.41. The number of methoxy groups -OCH3 is 1. The highest BCUT2D eigenvalue weighted by molar-refractivity contribution is 6.07. The number of nitrogens with one attached hydrogen (secondary N) is 1. The van der Waals surface area contributed by atoms with Crippen molar-refractivity contribution in [3.8, 4) is 28.5 Å². The average molecular weight is 456 g/mol. The molecule has 4 aromatic rings. The number of carbonyl (C=O) groups excluding carboxylic acids is 1. The van der Waals surface area contributed by atoms with E-state index in [0.717, 1.165) is 5.56 Å². The van der Waals surface area contributed by atoms with Gasteiger partial charge in [-0.15, -0.1) is 0 Å². The average Bonchev–Trinajstić information content (AvgIpc) is 2.84. The molecule has 0 unspecified atom stereocenters. The quantitative estimate of drug-likeness (QED) is 0.296. The van der Waals surface area contributed by atoms with Crippen molar-refractivity contribution in [3.05, 3.63) is 83.9 Å². The zero-order valence-corrected chi connectivity index (χ0v) is 19.1. The molecule has 7 heteroatoms. The molecule has 0 aliphatic heterocycles. The SMILES string of the molecule is COc1cc(/C=N\NC(=O)c2cc(-c3ccccc3O)nc3ccccc23)ccc1OC(C)C. The standard InChI is InChI=1S/C27H25N3O4/c1-17(2)34-25-13-12-18(14-26(25)33-3)16-28-30-27(32)21-15-23(20-9-5-7-11-24(20)31)29-22-10-6-4-8-19(21)22/h4-17,31H,1-3H3,(H,30,32)/b28-16-. The number of benzene rings is 3. The Hall–Kier alpha value is -4.39. The number of rotatable bonds is 7. The zero-order chi connectivity index (χ0) is 24.1. The number of carbonyl (C=O) groups is 1. The number of aromatic hydroxyl groups is 1. The Labute approximate surface area is 197 Å². The van der Waals surface area contributed by atoms with Crippen LogP contribution < -0.4 is 14.9 Å². The first kappa shape index (κ1) is 22.8. The Morgan fingerprint density at radius 2 is 1.79 bits per heavy atom. The lowest BCUT2D eigenvalue weighted by Crippen LogP contribution is -2.18. The molecule has 172 valence electrons. The molecule has 0 fully saturated rings. The molecule has 2 N–H and O–H groups in total. The number of pyridine rings is 1. The van der Waals surface area contributed by atoms with Crippen LogP contribution >= 0.6 is 0 Å². The molecule has 0 spiro atoms. The van der Waals surface area contributed by atoms with Gasteiger partial charge in [-0.1, -0.05) is 30.3 Å². The van der Waals surface area contributed by atoms with E-state index in [4.69, 9.17) is 9.47 Å². The lowest BCUT2D eigenvalue weighted by atomic mass is 10.0. The molecule has 0 radical (unpaired) electrons. The van der Waals surface area contributed by atoms with Gasteiger partial charge in [0.05, 0.1) is 36.2 Å². The topological polar surface area (TPSA) is 93.0 Å². The minimum Gasteiger partial charge on any atom is -0.507 e. The van der Waals surface area contributed by atoms with Crippen LogP contribution in [0.5, 0.6) is 17.2 Å². The second kappa shape index (κ2) is 10.0. The molecule has 0 saturated heterocycles.